The summed E-state index contributed by atoms with van der Waals surface area (Å²) in [6, 6.07) is 1.58. The number of hydrogen-bond donors (Lipinski definition) is 2. The van der Waals surface area contributed by atoms with Gasteiger partial charge in [0.25, 0.3) is 5.91 Å². The van der Waals surface area contributed by atoms with Gasteiger partial charge in [0.1, 0.15) is 11.2 Å². The van der Waals surface area contributed by atoms with Crippen molar-refractivity contribution in [1.82, 2.24) is 15.5 Å². The van der Waals surface area contributed by atoms with Crippen molar-refractivity contribution in [2.75, 3.05) is 6.61 Å². The van der Waals surface area contributed by atoms with Crippen LogP contribution in [0.15, 0.2) is 12.3 Å². The summed E-state index contributed by atoms with van der Waals surface area (Å²) in [4.78, 5) is 24.3. The van der Waals surface area contributed by atoms with Crippen molar-refractivity contribution in [1.29, 1.82) is 0 Å². The van der Waals surface area contributed by atoms with Crippen LogP contribution in [0, 0.1) is 0 Å². The van der Waals surface area contributed by atoms with Crippen LogP contribution in [0.4, 0.5) is 0 Å². The minimum Gasteiger partial charge on any atom is -0.464 e. The molecule has 1 aromatic heterocycles. The average molecular weight is 265 g/mol. The first-order valence-electron chi connectivity index (χ1n) is 6.67. The van der Waals surface area contributed by atoms with Crippen LogP contribution in [-0.4, -0.2) is 34.2 Å². The number of carbonyl (C=O) groups excluding carboxylic acids is 2. The van der Waals surface area contributed by atoms with Gasteiger partial charge in [0.2, 0.25) is 0 Å². The van der Waals surface area contributed by atoms with E-state index in [-0.39, 0.29) is 11.9 Å². The third-order valence-corrected chi connectivity index (χ3v) is 3.47. The van der Waals surface area contributed by atoms with Gasteiger partial charge in [0.15, 0.2) is 0 Å². The summed E-state index contributed by atoms with van der Waals surface area (Å²) in [5.74, 6) is -0.644. The van der Waals surface area contributed by atoms with Crippen molar-refractivity contribution in [2.24, 2.45) is 0 Å². The lowest BCUT2D eigenvalue weighted by molar-refractivity contribution is -0.152. The fourth-order valence-corrected chi connectivity index (χ4v) is 2.47. The SMILES string of the molecule is CCOC(=O)C1(NC(=O)c2ccn[nH]2)CCCCC1. The summed E-state index contributed by atoms with van der Waals surface area (Å²) < 4.78 is 5.12. The highest BCUT2D eigenvalue weighted by molar-refractivity contribution is 5.96. The summed E-state index contributed by atoms with van der Waals surface area (Å²) in [6.45, 7) is 2.09. The molecule has 0 bridgehead atoms. The molecule has 0 spiro atoms. The van der Waals surface area contributed by atoms with Gasteiger partial charge in [-0.3, -0.25) is 9.89 Å². The van der Waals surface area contributed by atoms with E-state index < -0.39 is 5.54 Å². The van der Waals surface area contributed by atoms with Gasteiger partial charge in [-0.2, -0.15) is 5.10 Å². The van der Waals surface area contributed by atoms with Crippen LogP contribution >= 0.6 is 0 Å². The number of ether oxygens (including phenoxy) is 1. The van der Waals surface area contributed by atoms with Gasteiger partial charge < -0.3 is 10.1 Å². The van der Waals surface area contributed by atoms with Crippen molar-refractivity contribution >= 4 is 11.9 Å². The highest BCUT2D eigenvalue weighted by atomic mass is 16.5. The molecular formula is C13H19N3O3. The molecule has 1 fully saturated rings. The van der Waals surface area contributed by atoms with Crippen LogP contribution in [0.1, 0.15) is 49.5 Å². The minimum atomic E-state index is -0.879. The van der Waals surface area contributed by atoms with Gasteiger partial charge in [-0.25, -0.2) is 4.79 Å². The lowest BCUT2D eigenvalue weighted by atomic mass is 9.81. The quantitative estimate of drug-likeness (QED) is 0.806. The Balaban J connectivity index is 2.13. The maximum absolute atomic E-state index is 12.2. The third kappa shape index (κ3) is 2.94. The van der Waals surface area contributed by atoms with Gasteiger partial charge >= 0.3 is 5.97 Å². The Morgan fingerprint density at radius 3 is 2.74 bits per heavy atom. The van der Waals surface area contributed by atoms with Gasteiger partial charge in [0, 0.05) is 6.20 Å². The summed E-state index contributed by atoms with van der Waals surface area (Å²) in [6.07, 6.45) is 5.69. The van der Waals surface area contributed by atoms with Crippen LogP contribution in [0.25, 0.3) is 0 Å². The Morgan fingerprint density at radius 1 is 1.42 bits per heavy atom. The molecule has 0 unspecified atom stereocenters. The monoisotopic (exact) mass is 265 g/mol. The van der Waals surface area contributed by atoms with Gasteiger partial charge in [-0.05, 0) is 25.8 Å². The molecule has 1 aliphatic carbocycles. The first-order valence-corrected chi connectivity index (χ1v) is 6.67. The normalized spacial score (nSPS) is 17.7. The summed E-state index contributed by atoms with van der Waals surface area (Å²) in [5.41, 5.74) is -0.523. The Hall–Kier alpha value is -1.85. The first kappa shape index (κ1) is 13.6. The summed E-state index contributed by atoms with van der Waals surface area (Å²) in [7, 11) is 0. The van der Waals surface area contributed by atoms with Crippen LogP contribution in [0.3, 0.4) is 0 Å². The topological polar surface area (TPSA) is 84.1 Å². The Kier molecular flexibility index (Phi) is 4.19. The molecule has 6 nitrogen and oxygen atoms in total. The molecule has 0 atom stereocenters. The maximum atomic E-state index is 12.2. The Bertz CT molecular complexity index is 436. The van der Waals surface area contributed by atoms with E-state index in [1.54, 1.807) is 13.0 Å². The van der Waals surface area contributed by atoms with Gasteiger partial charge in [-0.15, -0.1) is 0 Å². The summed E-state index contributed by atoms with van der Waals surface area (Å²) >= 11 is 0. The van der Waals surface area contributed by atoms with E-state index in [1.165, 1.54) is 6.20 Å². The number of amides is 1. The van der Waals surface area contributed by atoms with Crippen molar-refractivity contribution in [3.05, 3.63) is 18.0 Å². The van der Waals surface area contributed by atoms with Crippen LogP contribution in [0.2, 0.25) is 0 Å². The zero-order valence-electron chi connectivity index (χ0n) is 11.1. The molecule has 19 heavy (non-hydrogen) atoms. The number of nitrogens with one attached hydrogen (secondary N) is 2. The Labute approximate surface area is 111 Å². The van der Waals surface area contributed by atoms with E-state index in [0.29, 0.717) is 25.1 Å². The first-order chi connectivity index (χ1) is 9.18. The molecule has 1 heterocycles. The smallest absolute Gasteiger partial charge is 0.331 e. The standard InChI is InChI=1S/C13H19N3O3/c1-2-19-12(18)13(7-4-3-5-8-13)15-11(17)10-6-9-14-16-10/h6,9H,2-5,7-8H2,1H3,(H,14,16)(H,15,17). The molecule has 104 valence electrons. The highest BCUT2D eigenvalue weighted by Gasteiger charge is 2.42. The van der Waals surface area contributed by atoms with E-state index in [9.17, 15) is 9.59 Å². The average Bonchev–Trinajstić information content (AvgIpc) is 2.94. The molecule has 2 rings (SSSR count). The Morgan fingerprint density at radius 2 is 2.16 bits per heavy atom. The lowest BCUT2D eigenvalue weighted by Crippen LogP contribution is -2.56. The van der Waals surface area contributed by atoms with E-state index >= 15 is 0 Å². The van der Waals surface area contributed by atoms with Gasteiger partial charge in [0.05, 0.1) is 6.61 Å². The zero-order valence-corrected chi connectivity index (χ0v) is 11.1. The van der Waals surface area contributed by atoms with E-state index in [4.69, 9.17) is 4.74 Å². The van der Waals surface area contributed by atoms with Crippen LogP contribution < -0.4 is 5.32 Å². The van der Waals surface area contributed by atoms with E-state index in [2.05, 4.69) is 15.5 Å². The second kappa shape index (κ2) is 5.86. The molecule has 0 aromatic carbocycles. The summed E-state index contributed by atoms with van der Waals surface area (Å²) in [5, 5.41) is 9.17. The number of esters is 1. The van der Waals surface area contributed by atoms with Crippen molar-refractivity contribution < 1.29 is 14.3 Å². The second-order valence-electron chi connectivity index (χ2n) is 4.79. The molecular weight excluding hydrogens is 246 g/mol. The molecule has 1 amide bonds. The lowest BCUT2D eigenvalue weighted by Gasteiger charge is -2.35. The van der Waals surface area contributed by atoms with Crippen molar-refractivity contribution in [2.45, 2.75) is 44.6 Å². The number of nitrogens with zero attached hydrogens (tertiary/aromatic N) is 1. The van der Waals surface area contributed by atoms with E-state index in [0.717, 1.165) is 19.3 Å². The fourth-order valence-electron chi connectivity index (χ4n) is 2.47. The predicted octanol–water partition coefficient (Wildman–Crippen LogP) is 1.41. The molecule has 2 N–H and O–H groups in total. The van der Waals surface area contributed by atoms with Crippen LogP contribution in [-0.2, 0) is 9.53 Å². The number of rotatable bonds is 4. The molecule has 1 saturated carbocycles. The highest BCUT2D eigenvalue weighted by Crippen LogP contribution is 2.29. The third-order valence-electron chi connectivity index (χ3n) is 3.47. The van der Waals surface area contributed by atoms with Crippen molar-refractivity contribution in [3.63, 3.8) is 0 Å². The largest absolute Gasteiger partial charge is 0.464 e. The number of hydrogen-bond acceptors (Lipinski definition) is 4. The minimum absolute atomic E-state index is 0.313. The molecule has 1 aliphatic rings. The molecule has 0 saturated heterocycles. The maximum Gasteiger partial charge on any atom is 0.331 e. The number of carbonyl (C=O) groups is 2. The molecule has 0 aliphatic heterocycles. The number of aromatic nitrogens is 2. The number of H-pyrrole nitrogens is 1. The fraction of sp³-hybridized carbons (Fsp3) is 0.615. The molecule has 6 heteroatoms. The molecule has 1 aromatic rings. The zero-order chi connectivity index (χ0) is 13.7. The van der Waals surface area contributed by atoms with Crippen molar-refractivity contribution in [3.8, 4) is 0 Å². The molecule has 0 radical (unpaired) electrons. The van der Waals surface area contributed by atoms with E-state index in [1.807, 2.05) is 0 Å². The number of aromatic amines is 1. The predicted molar refractivity (Wildman–Crippen MR) is 68.5 cm³/mol. The second-order valence-corrected chi connectivity index (χ2v) is 4.79. The van der Waals surface area contributed by atoms with Crippen LogP contribution in [0.5, 0.6) is 0 Å². The van der Waals surface area contributed by atoms with Gasteiger partial charge in [-0.1, -0.05) is 19.3 Å².